The number of methoxy groups -OCH3 is 1. The van der Waals surface area contributed by atoms with E-state index in [0.29, 0.717) is 46.5 Å². The molecule has 5 rings (SSSR count). The van der Waals surface area contributed by atoms with E-state index in [9.17, 15) is 9.18 Å². The summed E-state index contributed by atoms with van der Waals surface area (Å²) in [5, 5.41) is 4.34. The Labute approximate surface area is 206 Å². The van der Waals surface area contributed by atoms with Crippen molar-refractivity contribution in [3.63, 3.8) is 0 Å². The number of carbonyl (C=O) groups is 1. The van der Waals surface area contributed by atoms with Crippen LogP contribution >= 0.6 is 11.6 Å². The quantitative estimate of drug-likeness (QED) is 0.394. The molecule has 0 bridgehead atoms. The number of piperidine rings is 1. The van der Waals surface area contributed by atoms with Crippen LogP contribution in [-0.2, 0) is 0 Å². The molecule has 1 aliphatic heterocycles. The van der Waals surface area contributed by atoms with Gasteiger partial charge in [-0.1, -0.05) is 17.7 Å². The number of likely N-dealkylation sites (tertiary alicyclic amines) is 1. The van der Waals surface area contributed by atoms with Crippen LogP contribution in [0.3, 0.4) is 0 Å². The lowest BCUT2D eigenvalue weighted by Crippen LogP contribution is -2.47. The van der Waals surface area contributed by atoms with Gasteiger partial charge in [0.15, 0.2) is 17.5 Å². The highest BCUT2D eigenvalue weighted by atomic mass is 35.5. The van der Waals surface area contributed by atoms with Gasteiger partial charge in [0.1, 0.15) is 11.4 Å². The first-order chi connectivity index (χ1) is 17.0. The van der Waals surface area contributed by atoms with Crippen LogP contribution in [0.5, 0.6) is 5.75 Å². The van der Waals surface area contributed by atoms with E-state index < -0.39 is 5.82 Å². The van der Waals surface area contributed by atoms with Crippen molar-refractivity contribution >= 4 is 34.4 Å². The number of anilines is 1. The van der Waals surface area contributed by atoms with Crippen LogP contribution in [0.4, 0.5) is 10.2 Å². The number of nitrogens with zero attached hydrogens (tertiary/aromatic N) is 4. The third-order valence-corrected chi connectivity index (χ3v) is 6.40. The van der Waals surface area contributed by atoms with Crippen LogP contribution in [0.1, 0.15) is 29.6 Å². The van der Waals surface area contributed by atoms with E-state index in [4.69, 9.17) is 16.3 Å². The number of pyridine rings is 1. The summed E-state index contributed by atoms with van der Waals surface area (Å²) in [4.78, 5) is 31.0. The van der Waals surface area contributed by atoms with Crippen molar-refractivity contribution in [2.75, 3.05) is 25.5 Å². The molecule has 0 unspecified atom stereocenters. The molecule has 0 spiro atoms. The average Bonchev–Trinajstić information content (AvgIpc) is 3.31. The van der Waals surface area contributed by atoms with Crippen LogP contribution in [0.2, 0.25) is 5.02 Å². The molecule has 35 heavy (non-hydrogen) atoms. The number of aromatic nitrogens is 4. The zero-order chi connectivity index (χ0) is 24.4. The highest BCUT2D eigenvalue weighted by molar-refractivity contribution is 6.31. The molecule has 1 aromatic carbocycles. The summed E-state index contributed by atoms with van der Waals surface area (Å²) in [6.07, 6.45) is 7.15. The number of ether oxygens (including phenoxy) is 1. The number of carbonyl (C=O) groups excluding carboxylic acids is 1. The summed E-state index contributed by atoms with van der Waals surface area (Å²) in [5.74, 6) is 0.427. The number of hydrogen-bond acceptors (Lipinski definition) is 6. The van der Waals surface area contributed by atoms with Gasteiger partial charge in [0, 0.05) is 48.0 Å². The number of fused-ring (bicyclic) bond motifs is 1. The Kier molecular flexibility index (Phi) is 6.50. The van der Waals surface area contributed by atoms with Crippen LogP contribution in [-0.4, -0.2) is 57.0 Å². The normalized spacial score (nSPS) is 15.9. The Hall–Kier alpha value is -3.72. The lowest BCUT2D eigenvalue weighted by atomic mass is 10.0. The predicted molar refractivity (Wildman–Crippen MR) is 132 cm³/mol. The minimum absolute atomic E-state index is 0.0672. The number of rotatable bonds is 6. The zero-order valence-electron chi connectivity index (χ0n) is 19.1. The minimum atomic E-state index is -0.564. The van der Waals surface area contributed by atoms with Gasteiger partial charge in [-0.05, 0) is 43.5 Å². The Bertz CT molecular complexity index is 1380. The zero-order valence-corrected chi connectivity index (χ0v) is 19.8. The molecule has 1 saturated heterocycles. The summed E-state index contributed by atoms with van der Waals surface area (Å²) in [6.45, 7) is 1.01. The third-order valence-electron chi connectivity index (χ3n) is 6.19. The van der Waals surface area contributed by atoms with E-state index in [-0.39, 0.29) is 17.8 Å². The molecule has 4 aromatic rings. The number of halogens is 2. The number of hydrogen-bond donors (Lipinski definition) is 2. The van der Waals surface area contributed by atoms with E-state index in [1.165, 1.54) is 0 Å². The van der Waals surface area contributed by atoms with Gasteiger partial charge in [0.25, 0.3) is 5.91 Å². The van der Waals surface area contributed by atoms with Gasteiger partial charge in [-0.15, -0.1) is 0 Å². The fourth-order valence-corrected chi connectivity index (χ4v) is 4.56. The maximum atomic E-state index is 14.6. The second-order valence-electron chi connectivity index (χ2n) is 8.40. The smallest absolute Gasteiger partial charge is 0.254 e. The van der Waals surface area contributed by atoms with Crippen molar-refractivity contribution in [3.8, 4) is 17.1 Å². The molecule has 1 amide bonds. The second-order valence-corrected chi connectivity index (χ2v) is 8.84. The second kappa shape index (κ2) is 9.87. The third kappa shape index (κ3) is 4.77. The molecule has 1 atom stereocenters. The van der Waals surface area contributed by atoms with Crippen molar-refractivity contribution in [1.29, 1.82) is 0 Å². The van der Waals surface area contributed by atoms with Crippen molar-refractivity contribution in [1.82, 2.24) is 24.8 Å². The summed E-state index contributed by atoms with van der Waals surface area (Å²) in [6, 6.07) is 8.78. The summed E-state index contributed by atoms with van der Waals surface area (Å²) in [7, 11) is 1.57. The molecule has 0 radical (unpaired) electrons. The highest BCUT2D eigenvalue weighted by Crippen LogP contribution is 2.28. The number of nitrogens with one attached hydrogen (secondary N) is 2. The molecule has 4 heterocycles. The molecule has 1 fully saturated rings. The van der Waals surface area contributed by atoms with Gasteiger partial charge < -0.3 is 19.9 Å². The first-order valence-electron chi connectivity index (χ1n) is 11.4. The van der Waals surface area contributed by atoms with E-state index in [1.807, 2.05) is 4.90 Å². The number of benzene rings is 1. The van der Waals surface area contributed by atoms with E-state index in [0.717, 1.165) is 30.8 Å². The Balaban J connectivity index is 1.36. The monoisotopic (exact) mass is 494 g/mol. The van der Waals surface area contributed by atoms with Gasteiger partial charge in [-0.2, -0.15) is 0 Å². The number of amides is 1. The van der Waals surface area contributed by atoms with Crippen LogP contribution in [0.15, 0.2) is 48.9 Å². The Morgan fingerprint density at radius 2 is 2.17 bits per heavy atom. The van der Waals surface area contributed by atoms with Gasteiger partial charge in [-0.3, -0.25) is 4.79 Å². The highest BCUT2D eigenvalue weighted by Gasteiger charge is 2.28. The molecular formula is C25H24ClFN6O2. The molecule has 180 valence electrons. The van der Waals surface area contributed by atoms with E-state index in [2.05, 4.69) is 25.3 Å². The molecule has 1 aliphatic rings. The van der Waals surface area contributed by atoms with Crippen LogP contribution in [0, 0.1) is 5.82 Å². The lowest BCUT2D eigenvalue weighted by Gasteiger charge is -2.36. The maximum Gasteiger partial charge on any atom is 0.254 e. The standard InChI is InChI=1S/C25H24ClFN6O2/c1-35-18-7-4-5-15(9-18)25(34)33-8-3-2-6-17(33)12-29-24-21(27)14-31-23(32-24)20-13-30-22-19(20)10-16(26)11-28-22/h4-5,7,9-11,13-14,17H,2-3,6,8,12H2,1H3,(H,28,30)(H,29,31,32)/t17-/m0/s1. The molecular weight excluding hydrogens is 471 g/mol. The van der Waals surface area contributed by atoms with Crippen molar-refractivity contribution in [2.24, 2.45) is 0 Å². The first kappa shape index (κ1) is 23.0. The van der Waals surface area contributed by atoms with Gasteiger partial charge in [0.05, 0.1) is 18.3 Å². The Morgan fingerprint density at radius 3 is 3.03 bits per heavy atom. The average molecular weight is 495 g/mol. The van der Waals surface area contributed by atoms with Gasteiger partial charge in [-0.25, -0.2) is 19.3 Å². The fraction of sp³-hybridized carbons (Fsp3) is 0.280. The molecule has 10 heteroatoms. The van der Waals surface area contributed by atoms with Gasteiger partial charge in [0.2, 0.25) is 0 Å². The topological polar surface area (TPSA) is 96.0 Å². The summed E-state index contributed by atoms with van der Waals surface area (Å²) < 4.78 is 19.9. The Morgan fingerprint density at radius 1 is 1.29 bits per heavy atom. The molecule has 0 saturated carbocycles. The summed E-state index contributed by atoms with van der Waals surface area (Å²) >= 11 is 6.10. The van der Waals surface area contributed by atoms with Crippen molar-refractivity contribution in [3.05, 3.63) is 65.3 Å². The number of aromatic amines is 1. The summed E-state index contributed by atoms with van der Waals surface area (Å²) in [5.41, 5.74) is 1.88. The fourth-order valence-electron chi connectivity index (χ4n) is 4.40. The largest absolute Gasteiger partial charge is 0.497 e. The lowest BCUT2D eigenvalue weighted by molar-refractivity contribution is 0.0628. The van der Waals surface area contributed by atoms with E-state index in [1.54, 1.807) is 49.8 Å². The molecule has 8 nitrogen and oxygen atoms in total. The molecule has 0 aliphatic carbocycles. The maximum absolute atomic E-state index is 14.6. The molecule has 2 N–H and O–H groups in total. The van der Waals surface area contributed by atoms with Crippen molar-refractivity contribution in [2.45, 2.75) is 25.3 Å². The van der Waals surface area contributed by atoms with Crippen LogP contribution < -0.4 is 10.1 Å². The first-order valence-corrected chi connectivity index (χ1v) is 11.8. The SMILES string of the molecule is COc1cccc(C(=O)N2CCCC[C@H]2CNc2nc(-c3c[nH]c4ncc(Cl)cc34)ncc2F)c1. The van der Waals surface area contributed by atoms with Crippen molar-refractivity contribution < 1.29 is 13.9 Å². The van der Waals surface area contributed by atoms with Gasteiger partial charge >= 0.3 is 0 Å². The number of H-pyrrole nitrogens is 1. The van der Waals surface area contributed by atoms with Crippen LogP contribution in [0.25, 0.3) is 22.4 Å². The predicted octanol–water partition coefficient (Wildman–Crippen LogP) is 4.93. The molecule has 3 aromatic heterocycles. The van der Waals surface area contributed by atoms with E-state index >= 15 is 0 Å². The minimum Gasteiger partial charge on any atom is -0.497 e.